The normalized spacial score (nSPS) is 15.7. The summed E-state index contributed by atoms with van der Waals surface area (Å²) in [5.41, 5.74) is 0. The molecule has 3 heteroatoms. The van der Waals surface area contributed by atoms with Crippen LogP contribution in [0.1, 0.15) is 13.3 Å². The van der Waals surface area contributed by atoms with E-state index in [1.165, 1.54) is 12.5 Å². The Labute approximate surface area is 75.1 Å². The zero-order valence-corrected chi connectivity index (χ0v) is 10.4. The maximum atomic E-state index is 3.73. The van der Waals surface area contributed by atoms with E-state index in [4.69, 9.17) is 0 Å². The van der Waals surface area contributed by atoms with Crippen LogP contribution in [0.25, 0.3) is 0 Å². The van der Waals surface area contributed by atoms with Crippen molar-refractivity contribution in [3.8, 4) is 0 Å². The molecule has 0 N–H and O–H groups in total. The van der Waals surface area contributed by atoms with Crippen molar-refractivity contribution in [1.82, 2.24) is 0 Å². The van der Waals surface area contributed by atoms with Crippen LogP contribution in [-0.2, 0) is 0 Å². The molecule has 0 radical (unpaired) electrons. The van der Waals surface area contributed by atoms with Crippen molar-refractivity contribution in [2.24, 2.45) is 0 Å². The second-order valence-electron chi connectivity index (χ2n) is 3.04. The second-order valence-corrected chi connectivity index (χ2v) is 15.0. The van der Waals surface area contributed by atoms with E-state index in [1.54, 1.807) is 0 Å². The van der Waals surface area contributed by atoms with Crippen LogP contribution in [-0.4, -0.2) is 11.5 Å². The van der Waals surface area contributed by atoms with E-state index >= 15 is 0 Å². The van der Waals surface area contributed by atoms with E-state index in [9.17, 15) is 0 Å². The molecule has 0 aliphatic carbocycles. The van der Waals surface area contributed by atoms with Crippen molar-refractivity contribution in [3.05, 3.63) is 0 Å². The van der Waals surface area contributed by atoms with Gasteiger partial charge in [0.05, 0.1) is 0 Å². The summed E-state index contributed by atoms with van der Waals surface area (Å²) in [7, 11) is 0. The fourth-order valence-electron chi connectivity index (χ4n) is 0.542. The molecule has 9 heavy (non-hydrogen) atoms. The number of hydrogen-bond acceptors (Lipinski definition) is 0. The topological polar surface area (TPSA) is 0 Å². The van der Waals surface area contributed by atoms with E-state index in [2.05, 4.69) is 51.2 Å². The lowest BCUT2D eigenvalue weighted by molar-refractivity contribution is 0.908. The predicted molar refractivity (Wildman–Crippen MR) is 54.2 cm³/mol. The van der Waals surface area contributed by atoms with Gasteiger partial charge in [0.25, 0.3) is 0 Å². The van der Waals surface area contributed by atoms with Gasteiger partial charge in [-0.05, 0) is 12.5 Å². The summed E-state index contributed by atoms with van der Waals surface area (Å²) >= 11 is 7.25. The molecule has 0 amide bonds. The summed E-state index contributed by atoms with van der Waals surface area (Å²) in [4.78, 5) is 0.682. The van der Waals surface area contributed by atoms with E-state index in [0.717, 1.165) is 0 Å². The number of rotatable bonds is 3. The quantitative estimate of drug-likeness (QED) is 0.417. The fraction of sp³-hybridized carbons (Fsp3) is 1.00. The minimum atomic E-state index is -0.937. The van der Waals surface area contributed by atoms with Gasteiger partial charge in [-0.2, -0.15) is 0 Å². The Kier molecular flexibility index (Phi) is 4.68. The van der Waals surface area contributed by atoms with Crippen molar-refractivity contribution in [1.29, 1.82) is 0 Å². The smallest absolute Gasteiger partial charge is 0.124 e. The number of halogens is 2. The Morgan fingerprint density at radius 1 is 1.44 bits per heavy atom. The highest BCUT2D eigenvalue weighted by atomic mass is 79.9. The Bertz CT molecular complexity index is 75.6. The lowest BCUT2D eigenvalue weighted by Gasteiger charge is -2.13. The number of hydrogen-bond donors (Lipinski definition) is 0. The van der Waals surface area contributed by atoms with Gasteiger partial charge in [-0.15, -0.1) is 15.3 Å². The van der Waals surface area contributed by atoms with Crippen molar-refractivity contribution >= 4 is 37.9 Å². The first-order chi connectivity index (χ1) is 3.92. The molecule has 0 heterocycles. The van der Waals surface area contributed by atoms with Crippen LogP contribution in [0, 0.1) is 0 Å². The Morgan fingerprint density at radius 2 is 1.89 bits per heavy atom. The largest absolute Gasteiger partial charge is 0.127 e. The molecule has 1 unspecified atom stereocenters. The minimum Gasteiger partial charge on any atom is -0.127 e. The van der Waals surface area contributed by atoms with Gasteiger partial charge in [0.2, 0.25) is 0 Å². The molecule has 0 fully saturated rings. The van der Waals surface area contributed by atoms with Crippen molar-refractivity contribution < 1.29 is 0 Å². The Hall–Kier alpha value is 1.18. The van der Waals surface area contributed by atoms with Crippen LogP contribution >= 0.6 is 31.2 Å². The highest BCUT2D eigenvalue weighted by Gasteiger charge is 2.15. The van der Waals surface area contributed by atoms with Gasteiger partial charge in [-0.1, -0.05) is 35.9 Å². The molecule has 0 nitrogen and oxygen atoms in total. The van der Waals surface area contributed by atoms with E-state index < -0.39 is 6.69 Å². The highest BCUT2D eigenvalue weighted by Crippen LogP contribution is 2.21. The molecule has 0 aliphatic rings. The van der Waals surface area contributed by atoms with Crippen LogP contribution in [0.15, 0.2) is 0 Å². The maximum absolute atomic E-state index is 3.73. The molecular formula is C6H14Br2Si. The molecule has 1 atom stereocenters. The summed E-state index contributed by atoms with van der Waals surface area (Å²) < 4.78 is 0. The van der Waals surface area contributed by atoms with Crippen LogP contribution in [0.3, 0.4) is 0 Å². The molecule has 0 aromatic heterocycles. The van der Waals surface area contributed by atoms with Crippen molar-refractivity contribution in [2.75, 3.05) is 0 Å². The van der Waals surface area contributed by atoms with Gasteiger partial charge < -0.3 is 0 Å². The first-order valence-corrected chi connectivity index (χ1v) is 9.63. The summed E-state index contributed by atoms with van der Waals surface area (Å²) in [6.07, 6.45) is 1.30. The average molecular weight is 274 g/mol. The SMILES string of the molecule is CC(Br)CC[Si](C)(C)Br. The van der Waals surface area contributed by atoms with Gasteiger partial charge in [0.1, 0.15) is 6.69 Å². The van der Waals surface area contributed by atoms with Crippen LogP contribution < -0.4 is 0 Å². The van der Waals surface area contributed by atoms with Gasteiger partial charge in [0.15, 0.2) is 0 Å². The molecule has 0 spiro atoms. The summed E-state index contributed by atoms with van der Waals surface area (Å²) in [5, 5.41) is 0. The van der Waals surface area contributed by atoms with Crippen LogP contribution in [0.2, 0.25) is 19.1 Å². The molecule has 0 aliphatic heterocycles. The predicted octanol–water partition coefficient (Wildman–Crippen LogP) is 3.76. The lowest BCUT2D eigenvalue weighted by Crippen LogP contribution is -2.15. The van der Waals surface area contributed by atoms with Crippen molar-refractivity contribution in [3.63, 3.8) is 0 Å². The van der Waals surface area contributed by atoms with E-state index in [1.807, 2.05) is 0 Å². The molecule has 0 aromatic carbocycles. The highest BCUT2D eigenvalue weighted by molar-refractivity contribution is 9.26. The Balaban J connectivity index is 3.28. The van der Waals surface area contributed by atoms with Crippen LogP contribution in [0.4, 0.5) is 0 Å². The van der Waals surface area contributed by atoms with Gasteiger partial charge in [0, 0.05) is 4.83 Å². The Morgan fingerprint density at radius 3 is 2.00 bits per heavy atom. The third-order valence-corrected chi connectivity index (χ3v) is 4.26. The van der Waals surface area contributed by atoms with E-state index in [0.29, 0.717) is 4.83 Å². The minimum absolute atomic E-state index is 0.682. The summed E-state index contributed by atoms with van der Waals surface area (Å²) in [6.45, 7) is 5.94. The van der Waals surface area contributed by atoms with Gasteiger partial charge >= 0.3 is 0 Å². The number of alkyl halides is 1. The third-order valence-electron chi connectivity index (χ3n) is 1.14. The van der Waals surface area contributed by atoms with E-state index in [-0.39, 0.29) is 0 Å². The van der Waals surface area contributed by atoms with Gasteiger partial charge in [-0.25, -0.2) is 0 Å². The van der Waals surface area contributed by atoms with Gasteiger partial charge in [-0.3, -0.25) is 0 Å². The molecule has 0 aromatic rings. The second kappa shape index (κ2) is 4.14. The standard InChI is InChI=1S/C6H14Br2Si/c1-6(7)4-5-9(2,3)8/h6H,4-5H2,1-3H3. The lowest BCUT2D eigenvalue weighted by atomic mass is 10.4. The summed E-state index contributed by atoms with van der Waals surface area (Å²) in [6, 6.07) is 1.36. The molecule has 0 saturated carbocycles. The average Bonchev–Trinajstić information content (AvgIpc) is 1.59. The zero-order valence-electron chi connectivity index (χ0n) is 6.25. The fourth-order valence-corrected chi connectivity index (χ4v) is 3.00. The first kappa shape index (κ1) is 10.2. The van der Waals surface area contributed by atoms with Crippen molar-refractivity contribution in [2.45, 2.75) is 37.3 Å². The summed E-state index contributed by atoms with van der Waals surface area (Å²) in [5.74, 6) is 0. The molecule has 0 bridgehead atoms. The molecule has 56 valence electrons. The third kappa shape index (κ3) is 9.18. The molecular weight excluding hydrogens is 260 g/mol. The first-order valence-electron chi connectivity index (χ1n) is 3.25. The molecule has 0 saturated heterocycles. The van der Waals surface area contributed by atoms with Crippen LogP contribution in [0.5, 0.6) is 0 Å². The molecule has 0 rings (SSSR count). The zero-order chi connectivity index (χ0) is 7.49. The maximum Gasteiger partial charge on any atom is 0.124 e. The monoisotopic (exact) mass is 272 g/mol.